The first-order chi connectivity index (χ1) is 7.10. The van der Waals surface area contributed by atoms with Crippen LogP contribution < -0.4 is 5.73 Å². The van der Waals surface area contributed by atoms with Crippen molar-refractivity contribution < 1.29 is 19.4 Å². The lowest BCUT2D eigenvalue weighted by molar-refractivity contribution is -0.147. The summed E-state index contributed by atoms with van der Waals surface area (Å²) in [7, 11) is 1.56. The Balaban J connectivity index is 2.67. The molecule has 6 nitrogen and oxygen atoms in total. The van der Waals surface area contributed by atoms with Gasteiger partial charge in [0.05, 0.1) is 13.2 Å². The molecule has 0 bridgehead atoms. The molecule has 1 amide bonds. The topological polar surface area (TPSA) is 92.9 Å². The fourth-order valence-electron chi connectivity index (χ4n) is 1.91. The molecule has 15 heavy (non-hydrogen) atoms. The second-order valence-corrected chi connectivity index (χ2v) is 3.66. The van der Waals surface area contributed by atoms with E-state index in [4.69, 9.17) is 15.6 Å². The minimum Gasteiger partial charge on any atom is -0.480 e. The zero-order chi connectivity index (χ0) is 11.4. The van der Waals surface area contributed by atoms with Crippen LogP contribution in [-0.4, -0.2) is 54.7 Å². The van der Waals surface area contributed by atoms with Crippen molar-refractivity contribution in [2.45, 2.75) is 12.5 Å². The largest absolute Gasteiger partial charge is 0.480 e. The van der Waals surface area contributed by atoms with E-state index < -0.39 is 12.0 Å². The summed E-state index contributed by atoms with van der Waals surface area (Å²) in [5.74, 6) is -1.21. The van der Waals surface area contributed by atoms with Gasteiger partial charge in [-0.3, -0.25) is 4.79 Å². The summed E-state index contributed by atoms with van der Waals surface area (Å²) >= 11 is 0. The van der Waals surface area contributed by atoms with Gasteiger partial charge >= 0.3 is 5.97 Å². The summed E-state index contributed by atoms with van der Waals surface area (Å²) in [6, 6.07) is -0.749. The number of hydrogen-bond donors (Lipinski definition) is 2. The summed E-state index contributed by atoms with van der Waals surface area (Å²) in [6.45, 7) is 0.739. The number of amides is 1. The number of carboxylic acids is 1. The standard InChI is InChI=1S/C9H16N2O4/c1-15-5-6-2-7(9(13)14)11(4-6)8(12)3-10/h6-7H,2-5,10H2,1H3,(H,13,14)/t6-,7+/m1/s1. The maximum absolute atomic E-state index is 11.4. The molecule has 1 fully saturated rings. The van der Waals surface area contributed by atoms with Gasteiger partial charge in [-0.1, -0.05) is 0 Å². The number of nitrogens with two attached hydrogens (primary N) is 1. The van der Waals surface area contributed by atoms with Gasteiger partial charge < -0.3 is 20.5 Å². The van der Waals surface area contributed by atoms with Crippen LogP contribution >= 0.6 is 0 Å². The van der Waals surface area contributed by atoms with Gasteiger partial charge in [0, 0.05) is 19.6 Å². The van der Waals surface area contributed by atoms with Gasteiger partial charge in [-0.2, -0.15) is 0 Å². The second-order valence-electron chi connectivity index (χ2n) is 3.66. The number of ether oxygens (including phenoxy) is 1. The van der Waals surface area contributed by atoms with Gasteiger partial charge in [-0.25, -0.2) is 4.79 Å². The van der Waals surface area contributed by atoms with Crippen LogP contribution in [0.15, 0.2) is 0 Å². The number of aliphatic carboxylic acids is 1. The molecule has 1 rings (SSSR count). The molecular weight excluding hydrogens is 200 g/mol. The van der Waals surface area contributed by atoms with Crippen LogP contribution in [0.5, 0.6) is 0 Å². The number of rotatable bonds is 4. The van der Waals surface area contributed by atoms with Gasteiger partial charge in [0.15, 0.2) is 0 Å². The molecule has 0 aliphatic carbocycles. The third-order valence-corrected chi connectivity index (χ3v) is 2.57. The molecule has 0 aromatic heterocycles. The highest BCUT2D eigenvalue weighted by atomic mass is 16.5. The molecule has 1 heterocycles. The molecule has 0 spiro atoms. The second kappa shape index (κ2) is 5.09. The van der Waals surface area contributed by atoms with Gasteiger partial charge in [0.2, 0.25) is 5.91 Å². The van der Waals surface area contributed by atoms with Gasteiger partial charge in [0.25, 0.3) is 0 Å². The molecule has 6 heteroatoms. The van der Waals surface area contributed by atoms with E-state index in [-0.39, 0.29) is 18.4 Å². The number of carbonyl (C=O) groups excluding carboxylic acids is 1. The number of carbonyl (C=O) groups is 2. The van der Waals surface area contributed by atoms with E-state index in [1.165, 1.54) is 4.90 Å². The SMILES string of the molecule is COC[C@@H]1C[C@@H](C(=O)O)N(C(=O)CN)C1. The molecule has 0 unspecified atom stereocenters. The Morgan fingerprint density at radius 1 is 1.60 bits per heavy atom. The van der Waals surface area contributed by atoms with Crippen LogP contribution in [0.3, 0.4) is 0 Å². The zero-order valence-electron chi connectivity index (χ0n) is 8.68. The van der Waals surface area contributed by atoms with Crippen molar-refractivity contribution >= 4 is 11.9 Å². The molecule has 0 aromatic rings. The number of hydrogen-bond acceptors (Lipinski definition) is 4. The van der Waals surface area contributed by atoms with Crippen LogP contribution in [0, 0.1) is 5.92 Å². The predicted octanol–water partition coefficient (Wildman–Crippen LogP) is -1.11. The fraction of sp³-hybridized carbons (Fsp3) is 0.778. The molecule has 1 saturated heterocycles. The molecule has 2 atom stereocenters. The molecule has 0 radical (unpaired) electrons. The van der Waals surface area contributed by atoms with Crippen molar-refractivity contribution in [2.24, 2.45) is 11.7 Å². The van der Waals surface area contributed by atoms with E-state index in [0.29, 0.717) is 19.6 Å². The third kappa shape index (κ3) is 2.66. The van der Waals surface area contributed by atoms with Gasteiger partial charge in [-0.15, -0.1) is 0 Å². The molecule has 3 N–H and O–H groups in total. The van der Waals surface area contributed by atoms with Crippen molar-refractivity contribution in [1.82, 2.24) is 4.90 Å². The highest BCUT2D eigenvalue weighted by Gasteiger charge is 2.38. The van der Waals surface area contributed by atoms with Gasteiger partial charge in [0.1, 0.15) is 6.04 Å². The van der Waals surface area contributed by atoms with Crippen LogP contribution in [0.2, 0.25) is 0 Å². The van der Waals surface area contributed by atoms with Crippen LogP contribution in [-0.2, 0) is 14.3 Å². The minimum atomic E-state index is -0.976. The van der Waals surface area contributed by atoms with E-state index in [2.05, 4.69) is 0 Å². The van der Waals surface area contributed by atoms with Crippen molar-refractivity contribution in [3.05, 3.63) is 0 Å². The lowest BCUT2D eigenvalue weighted by Gasteiger charge is -2.20. The molecule has 1 aliphatic heterocycles. The number of carboxylic acid groups (broad SMARTS) is 1. The quantitative estimate of drug-likeness (QED) is 0.621. The van der Waals surface area contributed by atoms with E-state index in [0.717, 1.165) is 0 Å². The molecular formula is C9H16N2O4. The van der Waals surface area contributed by atoms with E-state index in [9.17, 15) is 9.59 Å². The average Bonchev–Trinajstić information content (AvgIpc) is 2.61. The maximum Gasteiger partial charge on any atom is 0.326 e. The Hall–Kier alpha value is -1.14. The van der Waals surface area contributed by atoms with Crippen molar-refractivity contribution in [2.75, 3.05) is 26.8 Å². The average molecular weight is 216 g/mol. The number of methoxy groups -OCH3 is 1. The third-order valence-electron chi connectivity index (χ3n) is 2.57. The van der Waals surface area contributed by atoms with Gasteiger partial charge in [-0.05, 0) is 6.42 Å². The molecule has 86 valence electrons. The summed E-state index contributed by atoms with van der Waals surface area (Å²) in [4.78, 5) is 23.6. The van der Waals surface area contributed by atoms with Crippen LogP contribution in [0.25, 0.3) is 0 Å². The van der Waals surface area contributed by atoms with Crippen molar-refractivity contribution in [3.8, 4) is 0 Å². The number of nitrogens with zero attached hydrogens (tertiary/aromatic N) is 1. The van der Waals surface area contributed by atoms with E-state index in [1.807, 2.05) is 0 Å². The number of likely N-dealkylation sites (tertiary alicyclic amines) is 1. The molecule has 0 saturated carbocycles. The maximum atomic E-state index is 11.4. The predicted molar refractivity (Wildman–Crippen MR) is 52.2 cm³/mol. The Labute approximate surface area is 88.0 Å². The first-order valence-corrected chi connectivity index (χ1v) is 4.81. The Kier molecular flexibility index (Phi) is 4.05. The summed E-state index contributed by atoms with van der Waals surface area (Å²) in [5.41, 5.74) is 5.22. The Morgan fingerprint density at radius 2 is 2.27 bits per heavy atom. The van der Waals surface area contributed by atoms with E-state index in [1.54, 1.807) is 7.11 Å². The highest BCUT2D eigenvalue weighted by molar-refractivity contribution is 5.85. The minimum absolute atomic E-state index is 0.0894. The first kappa shape index (κ1) is 11.9. The Morgan fingerprint density at radius 3 is 2.73 bits per heavy atom. The normalized spacial score (nSPS) is 25.6. The van der Waals surface area contributed by atoms with Crippen LogP contribution in [0.1, 0.15) is 6.42 Å². The van der Waals surface area contributed by atoms with Crippen molar-refractivity contribution in [1.29, 1.82) is 0 Å². The Bertz CT molecular complexity index is 256. The summed E-state index contributed by atoms with van der Waals surface area (Å²) in [6.07, 6.45) is 0.439. The van der Waals surface area contributed by atoms with E-state index >= 15 is 0 Å². The first-order valence-electron chi connectivity index (χ1n) is 4.81. The van der Waals surface area contributed by atoms with Crippen molar-refractivity contribution in [3.63, 3.8) is 0 Å². The molecule has 1 aliphatic rings. The lowest BCUT2D eigenvalue weighted by atomic mass is 10.1. The molecule has 0 aromatic carbocycles. The fourth-order valence-corrected chi connectivity index (χ4v) is 1.91. The lowest BCUT2D eigenvalue weighted by Crippen LogP contribution is -2.43. The monoisotopic (exact) mass is 216 g/mol. The highest BCUT2D eigenvalue weighted by Crippen LogP contribution is 2.23. The smallest absolute Gasteiger partial charge is 0.326 e. The summed E-state index contributed by atoms with van der Waals surface area (Å²) in [5, 5.41) is 8.94. The zero-order valence-corrected chi connectivity index (χ0v) is 8.68. The van der Waals surface area contributed by atoms with Crippen LogP contribution in [0.4, 0.5) is 0 Å². The summed E-state index contributed by atoms with van der Waals surface area (Å²) < 4.78 is 4.95.